The lowest BCUT2D eigenvalue weighted by Crippen LogP contribution is -2.11. The predicted octanol–water partition coefficient (Wildman–Crippen LogP) is 3.88. The highest BCUT2D eigenvalue weighted by Crippen LogP contribution is 2.18. The molecule has 0 fully saturated rings. The van der Waals surface area contributed by atoms with E-state index in [0.29, 0.717) is 23.8 Å². The summed E-state index contributed by atoms with van der Waals surface area (Å²) in [6.45, 7) is 4.77. The molecule has 0 atom stereocenters. The van der Waals surface area contributed by atoms with E-state index in [2.05, 4.69) is 19.2 Å². The smallest absolute Gasteiger partial charge is 0.269 e. The van der Waals surface area contributed by atoms with Gasteiger partial charge in [-0.2, -0.15) is 0 Å². The highest BCUT2D eigenvalue weighted by Gasteiger charge is 2.09. The Morgan fingerprint density at radius 1 is 1.13 bits per heavy atom. The lowest BCUT2D eigenvalue weighted by Gasteiger charge is -2.10. The van der Waals surface area contributed by atoms with Gasteiger partial charge in [-0.25, -0.2) is 0 Å². The largest absolute Gasteiger partial charge is 0.493 e. The van der Waals surface area contributed by atoms with Crippen molar-refractivity contribution < 1.29 is 14.5 Å². The third-order valence-electron chi connectivity index (χ3n) is 3.04. The van der Waals surface area contributed by atoms with Gasteiger partial charge in [0.1, 0.15) is 5.75 Å². The van der Waals surface area contributed by atoms with Gasteiger partial charge < -0.3 is 10.1 Å². The Labute approximate surface area is 134 Å². The molecule has 0 saturated heterocycles. The molecule has 0 aliphatic heterocycles. The number of anilines is 1. The molecular formula is C17H18N2O4. The number of hydrogen-bond acceptors (Lipinski definition) is 4. The topological polar surface area (TPSA) is 81.5 Å². The molecule has 0 bridgehead atoms. The first-order chi connectivity index (χ1) is 11.0. The van der Waals surface area contributed by atoms with Crippen molar-refractivity contribution in [3.63, 3.8) is 0 Å². The number of nitro groups is 1. The molecule has 2 aromatic carbocycles. The SMILES string of the molecule is CC(C)COc1ccc(NC(=O)c2ccc([N+](=O)[O-])cc2)cc1. The Balaban J connectivity index is 1.98. The number of carbonyl (C=O) groups excluding carboxylic acids is 1. The molecule has 2 aromatic rings. The van der Waals surface area contributed by atoms with Crippen molar-refractivity contribution in [3.8, 4) is 5.75 Å². The number of rotatable bonds is 6. The summed E-state index contributed by atoms with van der Waals surface area (Å²) in [7, 11) is 0. The molecule has 0 aromatic heterocycles. The van der Waals surface area contributed by atoms with Crippen LogP contribution >= 0.6 is 0 Å². The van der Waals surface area contributed by atoms with E-state index in [1.807, 2.05) is 0 Å². The number of nitrogens with one attached hydrogen (secondary N) is 1. The van der Waals surface area contributed by atoms with Crippen LogP contribution in [0.4, 0.5) is 11.4 Å². The van der Waals surface area contributed by atoms with Crippen molar-refractivity contribution in [1.29, 1.82) is 0 Å². The third kappa shape index (κ3) is 4.81. The van der Waals surface area contributed by atoms with E-state index in [1.54, 1.807) is 24.3 Å². The molecule has 6 heteroatoms. The van der Waals surface area contributed by atoms with Crippen molar-refractivity contribution in [2.24, 2.45) is 5.92 Å². The standard InChI is InChI=1S/C17H18N2O4/c1-12(2)11-23-16-9-5-14(6-10-16)18-17(20)13-3-7-15(8-4-13)19(21)22/h3-10,12H,11H2,1-2H3,(H,18,20). The Hall–Kier alpha value is -2.89. The maximum Gasteiger partial charge on any atom is 0.269 e. The number of non-ortho nitro benzene ring substituents is 1. The Morgan fingerprint density at radius 3 is 2.26 bits per heavy atom. The first-order valence-electron chi connectivity index (χ1n) is 7.24. The van der Waals surface area contributed by atoms with Gasteiger partial charge in [-0.1, -0.05) is 13.8 Å². The van der Waals surface area contributed by atoms with Crippen LogP contribution in [0.25, 0.3) is 0 Å². The number of nitrogens with zero attached hydrogens (tertiary/aromatic N) is 1. The number of nitro benzene ring substituents is 1. The number of benzene rings is 2. The van der Waals surface area contributed by atoms with Gasteiger partial charge in [-0.05, 0) is 42.3 Å². The van der Waals surface area contributed by atoms with Gasteiger partial charge in [0.25, 0.3) is 11.6 Å². The quantitative estimate of drug-likeness (QED) is 0.648. The maximum absolute atomic E-state index is 12.1. The van der Waals surface area contributed by atoms with Gasteiger partial charge in [-0.3, -0.25) is 14.9 Å². The molecule has 6 nitrogen and oxygen atoms in total. The average Bonchev–Trinajstić information content (AvgIpc) is 2.54. The van der Waals surface area contributed by atoms with Gasteiger partial charge in [0.2, 0.25) is 0 Å². The zero-order valence-electron chi connectivity index (χ0n) is 13.0. The number of hydrogen-bond donors (Lipinski definition) is 1. The minimum atomic E-state index is -0.502. The van der Waals surface area contributed by atoms with Crippen LogP contribution in [0.5, 0.6) is 5.75 Å². The molecule has 120 valence electrons. The van der Waals surface area contributed by atoms with E-state index in [1.165, 1.54) is 24.3 Å². The molecule has 0 aliphatic rings. The Kier molecular flexibility index (Phi) is 5.30. The van der Waals surface area contributed by atoms with Crippen LogP contribution in [0, 0.1) is 16.0 Å². The predicted molar refractivity (Wildman–Crippen MR) is 87.8 cm³/mol. The zero-order valence-corrected chi connectivity index (χ0v) is 13.0. The highest BCUT2D eigenvalue weighted by atomic mass is 16.6. The van der Waals surface area contributed by atoms with Gasteiger partial charge >= 0.3 is 0 Å². The molecule has 23 heavy (non-hydrogen) atoms. The summed E-state index contributed by atoms with van der Waals surface area (Å²) in [6, 6.07) is 12.5. The van der Waals surface area contributed by atoms with Crippen LogP contribution in [-0.4, -0.2) is 17.4 Å². The maximum atomic E-state index is 12.1. The molecule has 0 heterocycles. The van der Waals surface area contributed by atoms with Crippen LogP contribution in [0.1, 0.15) is 24.2 Å². The summed E-state index contributed by atoms with van der Waals surface area (Å²) in [4.78, 5) is 22.2. The van der Waals surface area contributed by atoms with Crippen molar-refractivity contribution in [2.45, 2.75) is 13.8 Å². The van der Waals surface area contributed by atoms with Crippen LogP contribution in [0.15, 0.2) is 48.5 Å². The monoisotopic (exact) mass is 314 g/mol. The van der Waals surface area contributed by atoms with Crippen LogP contribution in [0.2, 0.25) is 0 Å². The van der Waals surface area contributed by atoms with Crippen molar-refractivity contribution in [2.75, 3.05) is 11.9 Å². The molecule has 1 amide bonds. The Morgan fingerprint density at radius 2 is 1.74 bits per heavy atom. The normalized spacial score (nSPS) is 10.4. The van der Waals surface area contributed by atoms with E-state index in [4.69, 9.17) is 4.74 Å². The summed E-state index contributed by atoms with van der Waals surface area (Å²) in [6.07, 6.45) is 0. The molecule has 0 spiro atoms. The molecule has 0 radical (unpaired) electrons. The molecule has 2 rings (SSSR count). The van der Waals surface area contributed by atoms with Crippen molar-refractivity contribution in [1.82, 2.24) is 0 Å². The second-order valence-corrected chi connectivity index (χ2v) is 5.49. The van der Waals surface area contributed by atoms with Crippen LogP contribution in [0.3, 0.4) is 0 Å². The summed E-state index contributed by atoms with van der Waals surface area (Å²) in [5.41, 5.74) is 0.939. The number of carbonyl (C=O) groups is 1. The fraction of sp³-hybridized carbons (Fsp3) is 0.235. The molecule has 0 aliphatic carbocycles. The fourth-order valence-corrected chi connectivity index (χ4v) is 1.84. The summed E-state index contributed by atoms with van der Waals surface area (Å²) < 4.78 is 5.57. The molecular weight excluding hydrogens is 296 g/mol. The lowest BCUT2D eigenvalue weighted by molar-refractivity contribution is -0.384. The van der Waals surface area contributed by atoms with Crippen LogP contribution in [-0.2, 0) is 0 Å². The molecule has 0 saturated carbocycles. The van der Waals surface area contributed by atoms with Gasteiger partial charge in [0, 0.05) is 23.4 Å². The van der Waals surface area contributed by atoms with E-state index in [9.17, 15) is 14.9 Å². The number of amides is 1. The summed E-state index contributed by atoms with van der Waals surface area (Å²) in [5.74, 6) is 0.860. The first-order valence-corrected chi connectivity index (χ1v) is 7.24. The van der Waals surface area contributed by atoms with Gasteiger partial charge in [0.15, 0.2) is 0 Å². The van der Waals surface area contributed by atoms with E-state index in [0.717, 1.165) is 5.75 Å². The number of ether oxygens (including phenoxy) is 1. The van der Waals surface area contributed by atoms with Gasteiger partial charge in [0.05, 0.1) is 11.5 Å². The van der Waals surface area contributed by atoms with Gasteiger partial charge in [-0.15, -0.1) is 0 Å². The van der Waals surface area contributed by atoms with Crippen molar-refractivity contribution in [3.05, 3.63) is 64.2 Å². The highest BCUT2D eigenvalue weighted by molar-refractivity contribution is 6.04. The minimum absolute atomic E-state index is 0.0480. The first kappa shape index (κ1) is 16.5. The second-order valence-electron chi connectivity index (χ2n) is 5.49. The van der Waals surface area contributed by atoms with Crippen molar-refractivity contribution >= 4 is 17.3 Å². The fourth-order valence-electron chi connectivity index (χ4n) is 1.84. The summed E-state index contributed by atoms with van der Waals surface area (Å²) >= 11 is 0. The zero-order chi connectivity index (χ0) is 16.8. The van der Waals surface area contributed by atoms with E-state index < -0.39 is 4.92 Å². The van der Waals surface area contributed by atoms with E-state index >= 15 is 0 Å². The lowest BCUT2D eigenvalue weighted by atomic mass is 10.2. The summed E-state index contributed by atoms with van der Waals surface area (Å²) in [5, 5.41) is 13.3. The molecule has 0 unspecified atom stereocenters. The van der Waals surface area contributed by atoms with Crippen LogP contribution < -0.4 is 10.1 Å². The second kappa shape index (κ2) is 7.40. The third-order valence-corrected chi connectivity index (χ3v) is 3.04. The molecule has 1 N–H and O–H groups in total. The van der Waals surface area contributed by atoms with E-state index in [-0.39, 0.29) is 11.6 Å². The minimum Gasteiger partial charge on any atom is -0.493 e. The average molecular weight is 314 g/mol. The Bertz CT molecular complexity index is 679.